The molecule has 3 N–H and O–H groups in total. The maximum Gasteiger partial charge on any atom is 0.229 e. The summed E-state index contributed by atoms with van der Waals surface area (Å²) in [7, 11) is 2.51. The Kier molecular flexibility index (Phi) is 10.1. The molecule has 0 aliphatic carbocycles. The molecular formula is C30H40BrClN8O3S. The van der Waals surface area contributed by atoms with Gasteiger partial charge in [-0.25, -0.2) is 13.4 Å². The molecule has 5 rings (SSSR count). The smallest absolute Gasteiger partial charge is 0.229 e. The van der Waals surface area contributed by atoms with Gasteiger partial charge in [-0.3, -0.25) is 9.62 Å². The second-order valence-corrected chi connectivity index (χ2v) is 14.7. The van der Waals surface area contributed by atoms with Gasteiger partial charge in [-0.15, -0.1) is 0 Å². The first kappa shape index (κ1) is 32.6. The minimum atomic E-state index is -3.51. The molecule has 1 atom stereocenters. The Bertz CT molecular complexity index is 1600. The second-order valence-electron chi connectivity index (χ2n) is 11.7. The molecule has 2 saturated heterocycles. The molecule has 2 aliphatic rings. The number of aryl methyl sites for hydroxylation is 1. The van der Waals surface area contributed by atoms with E-state index in [9.17, 15) is 8.42 Å². The third kappa shape index (κ3) is 7.86. The summed E-state index contributed by atoms with van der Waals surface area (Å²) in [5.41, 5.74) is 3.82. The van der Waals surface area contributed by atoms with E-state index in [1.807, 2.05) is 0 Å². The molecule has 3 heterocycles. The van der Waals surface area contributed by atoms with Crippen molar-refractivity contribution >= 4 is 72.1 Å². The molecule has 1 aromatic heterocycles. The molecule has 11 nitrogen and oxygen atoms in total. The number of anilines is 6. The molecule has 3 aromatic rings. The fraction of sp³-hybridized carbons (Fsp3) is 0.467. The minimum absolute atomic E-state index is 0.336. The highest BCUT2D eigenvalue weighted by molar-refractivity contribution is 9.10. The summed E-state index contributed by atoms with van der Waals surface area (Å²) in [4.78, 5) is 16.6. The number of hydrogen-bond donors (Lipinski definition) is 3. The van der Waals surface area contributed by atoms with Gasteiger partial charge in [0.25, 0.3) is 0 Å². The van der Waals surface area contributed by atoms with Gasteiger partial charge in [0, 0.05) is 61.2 Å². The molecule has 2 aromatic carbocycles. The van der Waals surface area contributed by atoms with Crippen molar-refractivity contribution in [1.82, 2.24) is 19.8 Å². The van der Waals surface area contributed by atoms with Crippen molar-refractivity contribution in [3.63, 3.8) is 0 Å². The largest absolute Gasteiger partial charge is 0.494 e. The van der Waals surface area contributed by atoms with Crippen molar-refractivity contribution in [1.29, 1.82) is 0 Å². The minimum Gasteiger partial charge on any atom is -0.494 e. The van der Waals surface area contributed by atoms with Gasteiger partial charge in [0.15, 0.2) is 0 Å². The molecule has 0 radical (unpaired) electrons. The van der Waals surface area contributed by atoms with Gasteiger partial charge >= 0.3 is 0 Å². The predicted octanol–water partition coefficient (Wildman–Crippen LogP) is 5.67. The summed E-state index contributed by atoms with van der Waals surface area (Å²) >= 11 is 9.69. The van der Waals surface area contributed by atoms with Gasteiger partial charge in [-0.05, 0) is 86.0 Å². The van der Waals surface area contributed by atoms with E-state index in [-0.39, 0.29) is 0 Å². The summed E-state index contributed by atoms with van der Waals surface area (Å²) in [5, 5.41) is 6.89. The fourth-order valence-corrected chi connectivity index (χ4v) is 6.99. The molecule has 0 amide bonds. The average molecular weight is 708 g/mol. The quantitative estimate of drug-likeness (QED) is 0.244. The fourth-order valence-electron chi connectivity index (χ4n) is 5.95. The Morgan fingerprint density at radius 2 is 1.80 bits per heavy atom. The Hall–Kier alpha value is -2.84. The van der Waals surface area contributed by atoms with E-state index >= 15 is 0 Å². The van der Waals surface area contributed by atoms with Crippen molar-refractivity contribution in [2.75, 3.05) is 73.9 Å². The predicted molar refractivity (Wildman–Crippen MR) is 183 cm³/mol. The average Bonchev–Trinajstić information content (AvgIpc) is 3.47. The number of halogens is 2. The number of benzene rings is 2. The number of likely N-dealkylation sites (tertiary alicyclic amines) is 1. The Morgan fingerprint density at radius 3 is 2.45 bits per heavy atom. The first-order chi connectivity index (χ1) is 20.9. The van der Waals surface area contributed by atoms with Crippen molar-refractivity contribution in [3.8, 4) is 5.75 Å². The van der Waals surface area contributed by atoms with E-state index in [0.717, 1.165) is 50.0 Å². The standard InChI is InChI=1S/C30H40BrClN8O3S/c1-19-14-26(28(43-4)16-27(19)39-11-8-21(9-12-39)40-13-10-22(18-40)38(2)3)35-30-33-17-23(31)29(36-30)34-25-15-20(32)6-7-24(25)37-44(5,41)42/h6-7,14-17,21-22,37H,8-13,18H2,1-5H3,(H2,33,34,35,36). The van der Waals surface area contributed by atoms with E-state index in [1.54, 1.807) is 31.5 Å². The van der Waals surface area contributed by atoms with Crippen LogP contribution in [-0.4, -0.2) is 93.9 Å². The molecule has 1 unspecified atom stereocenters. The van der Waals surface area contributed by atoms with E-state index in [0.29, 0.717) is 50.5 Å². The highest BCUT2D eigenvalue weighted by Crippen LogP contribution is 2.37. The van der Waals surface area contributed by atoms with E-state index < -0.39 is 10.0 Å². The molecular weight excluding hydrogens is 668 g/mol. The summed E-state index contributed by atoms with van der Waals surface area (Å²) in [5.74, 6) is 1.45. The highest BCUT2D eigenvalue weighted by Gasteiger charge is 2.32. The van der Waals surface area contributed by atoms with Crippen LogP contribution in [0, 0.1) is 6.92 Å². The Labute approximate surface area is 273 Å². The number of likely N-dealkylation sites (N-methyl/N-ethyl adjacent to an activating group) is 1. The number of rotatable bonds is 10. The van der Waals surface area contributed by atoms with Crippen molar-refractivity contribution in [3.05, 3.63) is 51.6 Å². The van der Waals surface area contributed by atoms with Gasteiger partial charge < -0.3 is 25.2 Å². The second kappa shape index (κ2) is 13.7. The van der Waals surface area contributed by atoms with Crippen LogP contribution < -0.4 is 25.0 Å². The Morgan fingerprint density at radius 1 is 1.05 bits per heavy atom. The zero-order chi connectivity index (χ0) is 31.6. The SMILES string of the molecule is COc1cc(N2CCC(N3CCC(N(C)C)C3)CC2)c(C)cc1Nc1ncc(Br)c(Nc2cc(Cl)ccc2NS(C)(=O)=O)n1. The molecule has 14 heteroatoms. The van der Waals surface area contributed by atoms with Crippen molar-refractivity contribution in [2.24, 2.45) is 0 Å². The normalized spacial score (nSPS) is 18.1. The lowest BCUT2D eigenvalue weighted by Gasteiger charge is -2.38. The Balaban J connectivity index is 1.30. The summed E-state index contributed by atoms with van der Waals surface area (Å²) in [6.45, 7) is 6.48. The third-order valence-electron chi connectivity index (χ3n) is 8.29. The summed E-state index contributed by atoms with van der Waals surface area (Å²) in [6, 6.07) is 10.3. The van der Waals surface area contributed by atoms with Crippen LogP contribution >= 0.6 is 27.5 Å². The molecule has 2 aliphatic heterocycles. The number of ether oxygens (including phenoxy) is 1. The molecule has 2 fully saturated rings. The number of piperidine rings is 1. The van der Waals surface area contributed by atoms with Crippen LogP contribution in [0.5, 0.6) is 5.75 Å². The molecule has 0 spiro atoms. The number of nitrogens with one attached hydrogen (secondary N) is 3. The van der Waals surface area contributed by atoms with Gasteiger partial charge in [0.05, 0.1) is 34.9 Å². The zero-order valence-electron chi connectivity index (χ0n) is 25.7. The van der Waals surface area contributed by atoms with Crippen LogP contribution in [0.2, 0.25) is 5.02 Å². The number of aromatic nitrogens is 2. The number of methoxy groups -OCH3 is 1. The van der Waals surface area contributed by atoms with Crippen LogP contribution in [-0.2, 0) is 10.0 Å². The highest BCUT2D eigenvalue weighted by atomic mass is 79.9. The van der Waals surface area contributed by atoms with Crippen LogP contribution in [0.3, 0.4) is 0 Å². The number of hydrogen-bond acceptors (Lipinski definition) is 10. The molecule has 0 bridgehead atoms. The maximum absolute atomic E-state index is 11.9. The van der Waals surface area contributed by atoms with Crippen molar-refractivity contribution < 1.29 is 13.2 Å². The topological polar surface area (TPSA) is 115 Å². The van der Waals surface area contributed by atoms with E-state index in [2.05, 4.69) is 89.1 Å². The maximum atomic E-state index is 11.9. The van der Waals surface area contributed by atoms with Gasteiger partial charge in [0.2, 0.25) is 16.0 Å². The van der Waals surface area contributed by atoms with E-state index in [1.165, 1.54) is 18.7 Å². The zero-order valence-corrected chi connectivity index (χ0v) is 28.9. The lowest BCUT2D eigenvalue weighted by Crippen LogP contribution is -2.45. The van der Waals surface area contributed by atoms with Gasteiger partial charge in [-0.2, -0.15) is 4.98 Å². The lowest BCUT2D eigenvalue weighted by molar-refractivity contribution is 0.189. The molecule has 44 heavy (non-hydrogen) atoms. The van der Waals surface area contributed by atoms with Gasteiger partial charge in [-0.1, -0.05) is 11.6 Å². The summed E-state index contributed by atoms with van der Waals surface area (Å²) in [6.07, 6.45) is 6.26. The molecule has 238 valence electrons. The molecule has 0 saturated carbocycles. The first-order valence-electron chi connectivity index (χ1n) is 14.6. The van der Waals surface area contributed by atoms with Crippen LogP contribution in [0.25, 0.3) is 0 Å². The van der Waals surface area contributed by atoms with Crippen LogP contribution in [0.1, 0.15) is 24.8 Å². The van der Waals surface area contributed by atoms with Crippen LogP contribution in [0.4, 0.5) is 34.5 Å². The lowest BCUT2D eigenvalue weighted by atomic mass is 10.0. The number of nitrogens with zero attached hydrogens (tertiary/aromatic N) is 5. The van der Waals surface area contributed by atoms with Crippen molar-refractivity contribution in [2.45, 2.75) is 38.3 Å². The number of sulfonamides is 1. The van der Waals surface area contributed by atoms with E-state index in [4.69, 9.17) is 16.3 Å². The van der Waals surface area contributed by atoms with Gasteiger partial charge in [0.1, 0.15) is 11.6 Å². The monoisotopic (exact) mass is 706 g/mol. The summed E-state index contributed by atoms with van der Waals surface area (Å²) < 4.78 is 32.7. The first-order valence-corrected chi connectivity index (χ1v) is 17.6. The van der Waals surface area contributed by atoms with Crippen LogP contribution in [0.15, 0.2) is 41.0 Å². The third-order valence-corrected chi connectivity index (χ3v) is 9.69.